The molecule has 26 heavy (non-hydrogen) atoms. The molecule has 5 heteroatoms. The lowest BCUT2D eigenvalue weighted by Gasteiger charge is -2.29. The fourth-order valence-electron chi connectivity index (χ4n) is 3.38. The number of phenolic OH excluding ortho intramolecular Hbond substituents is 1. The van der Waals surface area contributed by atoms with Crippen molar-refractivity contribution in [2.75, 3.05) is 7.11 Å². The number of methoxy groups -OCH3 is 1. The van der Waals surface area contributed by atoms with Crippen LogP contribution in [0.4, 0.5) is 0 Å². The predicted molar refractivity (Wildman–Crippen MR) is 95.5 cm³/mol. The third kappa shape index (κ3) is 2.54. The first-order valence-corrected chi connectivity index (χ1v) is 8.09. The maximum atomic E-state index is 11.8. The van der Waals surface area contributed by atoms with Crippen molar-refractivity contribution in [2.45, 2.75) is 5.92 Å². The minimum absolute atomic E-state index is 0.0837. The summed E-state index contributed by atoms with van der Waals surface area (Å²) in [6.07, 6.45) is 0. The van der Waals surface area contributed by atoms with Gasteiger partial charge >= 0.3 is 5.97 Å². The van der Waals surface area contributed by atoms with Crippen molar-refractivity contribution in [1.29, 1.82) is 0 Å². The molecule has 2 N–H and O–H groups in total. The summed E-state index contributed by atoms with van der Waals surface area (Å²) in [5, 5.41) is 19.5. The van der Waals surface area contributed by atoms with Gasteiger partial charge < -0.3 is 19.7 Å². The highest BCUT2D eigenvalue weighted by Gasteiger charge is 2.31. The maximum absolute atomic E-state index is 11.8. The summed E-state index contributed by atoms with van der Waals surface area (Å²) < 4.78 is 11.2. The summed E-state index contributed by atoms with van der Waals surface area (Å²) in [5.74, 6) is 0.483. The highest BCUT2D eigenvalue weighted by molar-refractivity contribution is 5.90. The van der Waals surface area contributed by atoms with Crippen molar-refractivity contribution in [1.82, 2.24) is 0 Å². The molecule has 5 nitrogen and oxygen atoms in total. The lowest BCUT2D eigenvalue weighted by atomic mass is 9.80. The van der Waals surface area contributed by atoms with Gasteiger partial charge in [-0.05, 0) is 23.8 Å². The topological polar surface area (TPSA) is 76.0 Å². The second kappa shape index (κ2) is 6.11. The summed E-state index contributed by atoms with van der Waals surface area (Å²) in [4.78, 5) is 11.8. The van der Waals surface area contributed by atoms with E-state index in [0.29, 0.717) is 22.8 Å². The van der Waals surface area contributed by atoms with Crippen LogP contribution in [0, 0.1) is 0 Å². The molecule has 0 amide bonds. The largest absolute Gasteiger partial charge is 0.508 e. The predicted octanol–water partition coefficient (Wildman–Crippen LogP) is 4.38. The number of aromatic hydroxyl groups is 1. The number of ether oxygens (including phenoxy) is 2. The first-order valence-electron chi connectivity index (χ1n) is 8.09. The lowest BCUT2D eigenvalue weighted by Crippen LogP contribution is -2.15. The quantitative estimate of drug-likeness (QED) is 0.574. The number of aromatic carboxylic acids is 1. The molecule has 1 atom stereocenters. The van der Waals surface area contributed by atoms with E-state index in [1.54, 1.807) is 37.4 Å². The van der Waals surface area contributed by atoms with E-state index < -0.39 is 5.97 Å². The number of benzene rings is 3. The normalized spacial score (nSPS) is 14.7. The van der Waals surface area contributed by atoms with Gasteiger partial charge in [0.2, 0.25) is 0 Å². The zero-order valence-corrected chi connectivity index (χ0v) is 14.0. The van der Waals surface area contributed by atoms with Gasteiger partial charge in [-0.2, -0.15) is 0 Å². The average Bonchev–Trinajstić information content (AvgIpc) is 2.65. The Balaban J connectivity index is 1.99. The zero-order chi connectivity index (χ0) is 18.3. The van der Waals surface area contributed by atoms with Crippen molar-refractivity contribution < 1.29 is 24.5 Å². The second-order valence-corrected chi connectivity index (χ2v) is 6.05. The van der Waals surface area contributed by atoms with E-state index in [1.807, 2.05) is 24.3 Å². The van der Waals surface area contributed by atoms with Gasteiger partial charge in [0.05, 0.1) is 12.7 Å². The standard InChI is InChI=1S/C21H16O5/c1-25-13-7-9-17-19(11-13)26-18-10-12(22)6-8-16(18)20(17)14-4-2-3-5-15(14)21(23)24/h2-11,20,22H,1H3,(H,23,24)/t20-/m1/s1. The Hall–Kier alpha value is -3.47. The Morgan fingerprint density at radius 1 is 0.962 bits per heavy atom. The monoisotopic (exact) mass is 348 g/mol. The third-order valence-corrected chi connectivity index (χ3v) is 4.56. The molecule has 0 bridgehead atoms. The molecule has 0 fully saturated rings. The van der Waals surface area contributed by atoms with Gasteiger partial charge in [-0.25, -0.2) is 4.79 Å². The molecule has 1 aliphatic rings. The fourth-order valence-corrected chi connectivity index (χ4v) is 3.38. The van der Waals surface area contributed by atoms with Crippen LogP contribution in [0.1, 0.15) is 33.0 Å². The van der Waals surface area contributed by atoms with Crippen LogP contribution in [0.25, 0.3) is 0 Å². The number of fused-ring (bicyclic) bond motifs is 2. The minimum Gasteiger partial charge on any atom is -0.508 e. The molecular formula is C21H16O5. The Morgan fingerprint density at radius 2 is 1.65 bits per heavy atom. The Kier molecular flexibility index (Phi) is 3.77. The van der Waals surface area contributed by atoms with Crippen molar-refractivity contribution in [3.63, 3.8) is 0 Å². The van der Waals surface area contributed by atoms with Gasteiger partial charge in [-0.15, -0.1) is 0 Å². The molecule has 0 radical (unpaired) electrons. The molecule has 1 heterocycles. The van der Waals surface area contributed by atoms with E-state index in [4.69, 9.17) is 9.47 Å². The van der Waals surface area contributed by atoms with Crippen LogP contribution in [-0.2, 0) is 0 Å². The van der Waals surface area contributed by atoms with E-state index in [1.165, 1.54) is 6.07 Å². The van der Waals surface area contributed by atoms with Crippen LogP contribution in [0.3, 0.4) is 0 Å². The molecule has 130 valence electrons. The molecule has 3 aromatic carbocycles. The highest BCUT2D eigenvalue weighted by atomic mass is 16.5. The van der Waals surface area contributed by atoms with Crippen molar-refractivity contribution in [3.05, 3.63) is 82.9 Å². The SMILES string of the molecule is COc1ccc2c(c1)Oc1cc(O)ccc1[C@H]2c1ccccc1C(=O)O. The Bertz CT molecular complexity index is 1010. The number of carboxylic acids is 1. The van der Waals surface area contributed by atoms with Crippen LogP contribution in [0.2, 0.25) is 0 Å². The van der Waals surface area contributed by atoms with Gasteiger partial charge in [0.15, 0.2) is 0 Å². The van der Waals surface area contributed by atoms with E-state index in [9.17, 15) is 15.0 Å². The molecule has 0 unspecified atom stereocenters. The summed E-state index contributed by atoms with van der Waals surface area (Å²) in [5.41, 5.74) is 2.55. The Labute approximate surface area is 150 Å². The molecule has 4 rings (SSSR count). The number of carbonyl (C=O) groups is 1. The van der Waals surface area contributed by atoms with Crippen molar-refractivity contribution in [2.24, 2.45) is 0 Å². The fraction of sp³-hybridized carbons (Fsp3) is 0.0952. The van der Waals surface area contributed by atoms with Crippen LogP contribution in [-0.4, -0.2) is 23.3 Å². The molecule has 1 aliphatic heterocycles. The van der Waals surface area contributed by atoms with E-state index in [0.717, 1.165) is 11.1 Å². The van der Waals surface area contributed by atoms with Crippen LogP contribution < -0.4 is 9.47 Å². The number of hydrogen-bond acceptors (Lipinski definition) is 4. The first kappa shape index (κ1) is 16.0. The summed E-state index contributed by atoms with van der Waals surface area (Å²) >= 11 is 0. The number of phenols is 1. The van der Waals surface area contributed by atoms with Gasteiger partial charge in [-0.1, -0.05) is 30.3 Å². The average molecular weight is 348 g/mol. The van der Waals surface area contributed by atoms with Crippen LogP contribution in [0.5, 0.6) is 23.0 Å². The molecule has 0 spiro atoms. The number of rotatable bonds is 3. The summed E-state index contributed by atoms with van der Waals surface area (Å²) in [6.45, 7) is 0. The van der Waals surface area contributed by atoms with Gasteiger partial charge in [-0.3, -0.25) is 0 Å². The zero-order valence-electron chi connectivity index (χ0n) is 14.0. The molecule has 0 aromatic heterocycles. The molecule has 0 aliphatic carbocycles. The van der Waals surface area contributed by atoms with Crippen molar-refractivity contribution in [3.8, 4) is 23.0 Å². The minimum atomic E-state index is -0.984. The van der Waals surface area contributed by atoms with Gasteiger partial charge in [0.1, 0.15) is 23.0 Å². The maximum Gasteiger partial charge on any atom is 0.335 e. The summed E-state index contributed by atoms with van der Waals surface area (Å²) in [7, 11) is 1.57. The molecular weight excluding hydrogens is 332 g/mol. The lowest BCUT2D eigenvalue weighted by molar-refractivity contribution is 0.0695. The number of hydrogen-bond donors (Lipinski definition) is 2. The van der Waals surface area contributed by atoms with E-state index >= 15 is 0 Å². The number of carboxylic acid groups (broad SMARTS) is 1. The van der Waals surface area contributed by atoms with E-state index in [2.05, 4.69) is 0 Å². The van der Waals surface area contributed by atoms with Crippen LogP contribution >= 0.6 is 0 Å². The smallest absolute Gasteiger partial charge is 0.335 e. The highest BCUT2D eigenvalue weighted by Crippen LogP contribution is 2.49. The third-order valence-electron chi connectivity index (χ3n) is 4.56. The first-order chi connectivity index (χ1) is 12.6. The Morgan fingerprint density at radius 3 is 2.38 bits per heavy atom. The van der Waals surface area contributed by atoms with Crippen LogP contribution in [0.15, 0.2) is 60.7 Å². The molecule has 0 saturated heterocycles. The van der Waals surface area contributed by atoms with Gasteiger partial charge in [0, 0.05) is 29.2 Å². The van der Waals surface area contributed by atoms with E-state index in [-0.39, 0.29) is 17.2 Å². The second-order valence-electron chi connectivity index (χ2n) is 6.05. The van der Waals surface area contributed by atoms with Gasteiger partial charge in [0.25, 0.3) is 0 Å². The molecule has 0 saturated carbocycles. The summed E-state index contributed by atoms with van der Waals surface area (Å²) in [6, 6.07) is 17.3. The van der Waals surface area contributed by atoms with Crippen molar-refractivity contribution >= 4 is 5.97 Å². The molecule has 3 aromatic rings.